The molecule has 0 aromatic heterocycles. The van der Waals surface area contributed by atoms with E-state index in [1.54, 1.807) is 13.2 Å². The lowest BCUT2D eigenvalue weighted by Gasteiger charge is -2.21. The topological polar surface area (TPSA) is 47.6 Å². The van der Waals surface area contributed by atoms with Crippen LogP contribution in [0.25, 0.3) is 0 Å². The highest BCUT2D eigenvalue weighted by Crippen LogP contribution is 2.28. The Morgan fingerprint density at radius 1 is 1.40 bits per heavy atom. The number of hydrogen-bond donors (Lipinski definition) is 1. The summed E-state index contributed by atoms with van der Waals surface area (Å²) in [5, 5.41) is 2.72. The zero-order valence-electron chi connectivity index (χ0n) is 12.6. The van der Waals surface area contributed by atoms with Gasteiger partial charge in [-0.25, -0.2) is 4.79 Å². The van der Waals surface area contributed by atoms with Gasteiger partial charge in [0.25, 0.3) is 0 Å². The molecule has 0 fully saturated rings. The second-order valence-corrected chi connectivity index (χ2v) is 5.47. The largest absolute Gasteiger partial charge is 0.497 e. The number of benzene rings is 1. The summed E-state index contributed by atoms with van der Waals surface area (Å²) in [6.45, 7) is 7.32. The minimum atomic E-state index is -0.555. The van der Waals surface area contributed by atoms with E-state index in [1.807, 2.05) is 39.8 Å². The molecule has 0 saturated carbocycles. The Labute approximate surface area is 120 Å². The van der Waals surface area contributed by atoms with Crippen molar-refractivity contribution in [2.75, 3.05) is 12.4 Å². The van der Waals surface area contributed by atoms with Gasteiger partial charge in [-0.05, 0) is 39.3 Å². The Balaban J connectivity index is 3.02. The summed E-state index contributed by atoms with van der Waals surface area (Å²) in [5.74, 6) is 3.17. The van der Waals surface area contributed by atoms with Crippen LogP contribution in [0.5, 0.6) is 5.75 Å². The van der Waals surface area contributed by atoms with Crippen molar-refractivity contribution >= 4 is 11.8 Å². The van der Waals surface area contributed by atoms with Crippen LogP contribution in [0.3, 0.4) is 0 Å². The fraction of sp³-hybridized carbons (Fsp3) is 0.438. The van der Waals surface area contributed by atoms with Crippen LogP contribution in [0.2, 0.25) is 0 Å². The smallest absolute Gasteiger partial charge is 0.412 e. The van der Waals surface area contributed by atoms with Gasteiger partial charge in [-0.1, -0.05) is 12.0 Å². The van der Waals surface area contributed by atoms with Crippen LogP contribution in [0.4, 0.5) is 10.5 Å². The maximum absolute atomic E-state index is 11.9. The third-order valence-corrected chi connectivity index (χ3v) is 2.61. The molecule has 1 atom stereocenters. The average Bonchev–Trinajstić information content (AvgIpc) is 2.35. The van der Waals surface area contributed by atoms with E-state index in [0.717, 1.165) is 5.56 Å². The van der Waals surface area contributed by atoms with Gasteiger partial charge in [0.15, 0.2) is 0 Å². The monoisotopic (exact) mass is 275 g/mol. The van der Waals surface area contributed by atoms with E-state index in [4.69, 9.17) is 15.9 Å². The molecule has 1 rings (SSSR count). The molecule has 1 unspecified atom stereocenters. The van der Waals surface area contributed by atoms with Crippen LogP contribution in [0.15, 0.2) is 18.2 Å². The standard InChI is InChI=1S/C16H21NO3/c1-7-11(2)13-9-8-12(19-6)10-14(13)17-15(18)20-16(3,4)5/h1,8-11H,2-6H3,(H,17,18). The van der Waals surface area contributed by atoms with Crippen molar-refractivity contribution in [2.24, 2.45) is 0 Å². The number of amides is 1. The Hall–Kier alpha value is -2.15. The van der Waals surface area contributed by atoms with E-state index in [2.05, 4.69) is 11.2 Å². The minimum Gasteiger partial charge on any atom is -0.497 e. The van der Waals surface area contributed by atoms with Crippen molar-refractivity contribution in [3.8, 4) is 18.1 Å². The van der Waals surface area contributed by atoms with Gasteiger partial charge in [0.05, 0.1) is 12.8 Å². The maximum atomic E-state index is 11.9. The highest BCUT2D eigenvalue weighted by atomic mass is 16.6. The van der Waals surface area contributed by atoms with Gasteiger partial charge in [-0.15, -0.1) is 6.42 Å². The Kier molecular flexibility index (Phi) is 5.04. The predicted molar refractivity (Wildman–Crippen MR) is 80.1 cm³/mol. The zero-order valence-corrected chi connectivity index (χ0v) is 12.6. The summed E-state index contributed by atoms with van der Waals surface area (Å²) in [7, 11) is 1.57. The molecule has 20 heavy (non-hydrogen) atoms. The van der Waals surface area contributed by atoms with Crippen molar-refractivity contribution < 1.29 is 14.3 Å². The number of carbonyl (C=O) groups is 1. The third-order valence-electron chi connectivity index (χ3n) is 2.61. The Bertz CT molecular complexity index is 524. The fourth-order valence-electron chi connectivity index (χ4n) is 1.65. The lowest BCUT2D eigenvalue weighted by molar-refractivity contribution is 0.0636. The first-order valence-electron chi connectivity index (χ1n) is 6.41. The normalized spacial score (nSPS) is 12.2. The summed E-state index contributed by atoms with van der Waals surface area (Å²) in [5.41, 5.74) is 0.893. The molecule has 0 aliphatic rings. The maximum Gasteiger partial charge on any atom is 0.412 e. The third kappa shape index (κ3) is 4.51. The predicted octanol–water partition coefficient (Wildman–Crippen LogP) is 3.78. The van der Waals surface area contributed by atoms with Crippen molar-refractivity contribution in [1.82, 2.24) is 0 Å². The van der Waals surface area contributed by atoms with Crippen LogP contribution in [0, 0.1) is 12.3 Å². The van der Waals surface area contributed by atoms with Crippen molar-refractivity contribution in [3.05, 3.63) is 23.8 Å². The van der Waals surface area contributed by atoms with Crippen LogP contribution in [0.1, 0.15) is 39.2 Å². The number of anilines is 1. The van der Waals surface area contributed by atoms with E-state index < -0.39 is 11.7 Å². The molecule has 0 aliphatic heterocycles. The van der Waals surface area contributed by atoms with E-state index >= 15 is 0 Å². The summed E-state index contributed by atoms with van der Waals surface area (Å²) in [6.07, 6.45) is 4.93. The van der Waals surface area contributed by atoms with Crippen LogP contribution < -0.4 is 10.1 Å². The molecule has 1 aromatic carbocycles. The number of carbonyl (C=O) groups excluding carboxylic acids is 1. The first-order valence-corrected chi connectivity index (χ1v) is 6.41. The molecule has 0 saturated heterocycles. The molecule has 1 amide bonds. The Morgan fingerprint density at radius 2 is 2.05 bits per heavy atom. The quantitative estimate of drug-likeness (QED) is 0.854. The fourth-order valence-corrected chi connectivity index (χ4v) is 1.65. The summed E-state index contributed by atoms with van der Waals surface area (Å²) in [4.78, 5) is 11.9. The first-order chi connectivity index (χ1) is 9.26. The number of terminal acetylenes is 1. The van der Waals surface area contributed by atoms with Gasteiger partial charge in [-0.2, -0.15) is 0 Å². The van der Waals surface area contributed by atoms with Crippen molar-refractivity contribution in [1.29, 1.82) is 0 Å². The first kappa shape index (κ1) is 15.9. The number of nitrogens with one attached hydrogen (secondary N) is 1. The van der Waals surface area contributed by atoms with Crippen molar-refractivity contribution in [3.63, 3.8) is 0 Å². The average molecular weight is 275 g/mol. The molecule has 1 N–H and O–H groups in total. The zero-order chi connectivity index (χ0) is 15.3. The number of hydrogen-bond acceptors (Lipinski definition) is 3. The Morgan fingerprint density at radius 3 is 2.55 bits per heavy atom. The van der Waals surface area contributed by atoms with Crippen LogP contribution >= 0.6 is 0 Å². The van der Waals surface area contributed by atoms with Gasteiger partial charge >= 0.3 is 6.09 Å². The lowest BCUT2D eigenvalue weighted by Crippen LogP contribution is -2.27. The van der Waals surface area contributed by atoms with Gasteiger partial charge < -0.3 is 9.47 Å². The van der Waals surface area contributed by atoms with Gasteiger partial charge in [0.2, 0.25) is 0 Å². The summed E-state index contributed by atoms with van der Waals surface area (Å²) < 4.78 is 10.4. The number of rotatable bonds is 3. The van der Waals surface area contributed by atoms with E-state index in [0.29, 0.717) is 11.4 Å². The van der Waals surface area contributed by atoms with Gasteiger partial charge in [0, 0.05) is 12.0 Å². The van der Waals surface area contributed by atoms with E-state index in [-0.39, 0.29) is 5.92 Å². The number of methoxy groups -OCH3 is 1. The van der Waals surface area contributed by atoms with E-state index in [9.17, 15) is 4.79 Å². The molecule has 108 valence electrons. The molecule has 4 heteroatoms. The highest BCUT2D eigenvalue weighted by molar-refractivity contribution is 5.86. The van der Waals surface area contributed by atoms with Crippen molar-refractivity contribution in [2.45, 2.75) is 39.2 Å². The highest BCUT2D eigenvalue weighted by Gasteiger charge is 2.18. The molecule has 4 nitrogen and oxygen atoms in total. The van der Waals surface area contributed by atoms with E-state index in [1.165, 1.54) is 0 Å². The second kappa shape index (κ2) is 6.33. The molecule has 0 radical (unpaired) electrons. The van der Waals surface area contributed by atoms with Gasteiger partial charge in [0.1, 0.15) is 11.4 Å². The lowest BCUT2D eigenvalue weighted by atomic mass is 10.00. The van der Waals surface area contributed by atoms with Crippen LogP contribution in [-0.4, -0.2) is 18.8 Å². The molecule has 0 heterocycles. The SMILES string of the molecule is C#CC(C)c1ccc(OC)cc1NC(=O)OC(C)(C)C. The number of ether oxygens (including phenoxy) is 2. The molecular weight excluding hydrogens is 254 g/mol. The summed E-state index contributed by atoms with van der Waals surface area (Å²) in [6, 6.07) is 5.38. The summed E-state index contributed by atoms with van der Waals surface area (Å²) >= 11 is 0. The molecular formula is C16H21NO3. The van der Waals surface area contributed by atoms with Crippen LogP contribution in [-0.2, 0) is 4.74 Å². The molecule has 0 aliphatic carbocycles. The van der Waals surface area contributed by atoms with Gasteiger partial charge in [-0.3, -0.25) is 5.32 Å². The second-order valence-electron chi connectivity index (χ2n) is 5.47. The molecule has 0 spiro atoms. The molecule has 1 aromatic rings. The minimum absolute atomic E-state index is 0.120. The molecule has 0 bridgehead atoms.